The van der Waals surface area contributed by atoms with Gasteiger partial charge in [0.15, 0.2) is 0 Å². The number of nitrogens with one attached hydrogen (secondary N) is 1. The van der Waals surface area contributed by atoms with Crippen molar-refractivity contribution in [3.8, 4) is 0 Å². The Bertz CT molecular complexity index is 266. The Morgan fingerprint density at radius 1 is 0.720 bits per heavy atom. The summed E-state index contributed by atoms with van der Waals surface area (Å²) in [4.78, 5) is 0. The van der Waals surface area contributed by atoms with Crippen molar-refractivity contribution in [2.75, 3.05) is 19.6 Å². The summed E-state index contributed by atoms with van der Waals surface area (Å²) >= 11 is 0. The summed E-state index contributed by atoms with van der Waals surface area (Å²) in [6, 6.07) is 0.160. The third kappa shape index (κ3) is 21.6. The monoisotopic (exact) mass is 353 g/mol. The average Bonchev–Trinajstić information content (AvgIpc) is 2.63. The fourth-order valence-corrected chi connectivity index (χ4v) is 3.03. The van der Waals surface area contributed by atoms with Gasteiger partial charge in [-0.05, 0) is 51.6 Å². The second-order valence-electron chi connectivity index (χ2n) is 7.47. The van der Waals surface area contributed by atoms with E-state index < -0.39 is 0 Å². The van der Waals surface area contributed by atoms with E-state index in [1.165, 1.54) is 89.9 Å². The van der Waals surface area contributed by atoms with Crippen molar-refractivity contribution < 1.29 is 0 Å². The normalized spacial score (nSPS) is 12.9. The molecule has 1 unspecified atom stereocenters. The smallest absolute Gasteiger partial charge is 0.0175 e. The van der Waals surface area contributed by atoms with E-state index in [4.69, 9.17) is 11.5 Å². The zero-order valence-corrected chi connectivity index (χ0v) is 17.1. The van der Waals surface area contributed by atoms with Gasteiger partial charge in [-0.25, -0.2) is 0 Å². The topological polar surface area (TPSA) is 64.1 Å². The molecule has 0 rings (SSSR count). The van der Waals surface area contributed by atoms with E-state index in [1.54, 1.807) is 0 Å². The summed E-state index contributed by atoms with van der Waals surface area (Å²) in [5.41, 5.74) is 11.3. The molecule has 0 radical (unpaired) electrons. The van der Waals surface area contributed by atoms with Gasteiger partial charge in [-0.15, -0.1) is 0 Å². The molecule has 0 aliphatic rings. The van der Waals surface area contributed by atoms with Gasteiger partial charge in [0, 0.05) is 12.6 Å². The van der Waals surface area contributed by atoms with E-state index in [1.807, 2.05) is 0 Å². The minimum absolute atomic E-state index is 0.160. The van der Waals surface area contributed by atoms with E-state index in [0.717, 1.165) is 19.5 Å². The number of hydrogen-bond donors (Lipinski definition) is 3. The van der Waals surface area contributed by atoms with Crippen LogP contribution < -0.4 is 16.8 Å². The van der Waals surface area contributed by atoms with Crippen LogP contribution in [-0.4, -0.2) is 25.7 Å². The molecule has 0 aromatic carbocycles. The van der Waals surface area contributed by atoms with Crippen LogP contribution >= 0.6 is 0 Å². The molecule has 0 heterocycles. The number of unbranched alkanes of at least 4 members (excludes halogenated alkanes) is 12. The molecule has 3 nitrogen and oxygen atoms in total. The molecule has 3 heteroatoms. The Morgan fingerprint density at radius 2 is 1.24 bits per heavy atom. The van der Waals surface area contributed by atoms with Crippen molar-refractivity contribution in [3.05, 3.63) is 12.2 Å². The van der Waals surface area contributed by atoms with Crippen molar-refractivity contribution in [2.24, 2.45) is 11.5 Å². The van der Waals surface area contributed by atoms with Gasteiger partial charge >= 0.3 is 0 Å². The summed E-state index contributed by atoms with van der Waals surface area (Å²) in [6.45, 7) is 5.00. The van der Waals surface area contributed by atoms with Gasteiger partial charge in [0.2, 0.25) is 0 Å². The predicted molar refractivity (Wildman–Crippen MR) is 114 cm³/mol. The van der Waals surface area contributed by atoms with Gasteiger partial charge in [-0.3, -0.25) is 0 Å². The van der Waals surface area contributed by atoms with E-state index in [-0.39, 0.29) is 6.04 Å². The quantitative estimate of drug-likeness (QED) is 0.206. The first-order valence-electron chi connectivity index (χ1n) is 11.1. The second kappa shape index (κ2) is 21.7. The molecule has 0 aromatic heterocycles. The highest BCUT2D eigenvalue weighted by Crippen LogP contribution is 2.09. The lowest BCUT2D eigenvalue weighted by Gasteiger charge is -2.09. The van der Waals surface area contributed by atoms with Crippen LogP contribution in [-0.2, 0) is 0 Å². The van der Waals surface area contributed by atoms with E-state index in [2.05, 4.69) is 24.4 Å². The van der Waals surface area contributed by atoms with Crippen molar-refractivity contribution in [3.63, 3.8) is 0 Å². The van der Waals surface area contributed by atoms with Crippen molar-refractivity contribution in [1.29, 1.82) is 0 Å². The number of hydrogen-bond acceptors (Lipinski definition) is 3. The van der Waals surface area contributed by atoms with Crippen LogP contribution in [0.15, 0.2) is 12.2 Å². The molecule has 1 atom stereocenters. The van der Waals surface area contributed by atoms with Gasteiger partial charge in [-0.2, -0.15) is 0 Å². The highest BCUT2D eigenvalue weighted by atomic mass is 14.9. The predicted octanol–water partition coefficient (Wildman–Crippen LogP) is 5.29. The fraction of sp³-hybridized carbons (Fsp3) is 0.909. The second-order valence-corrected chi connectivity index (χ2v) is 7.47. The van der Waals surface area contributed by atoms with Gasteiger partial charge in [0.05, 0.1) is 0 Å². The van der Waals surface area contributed by atoms with Crippen LogP contribution in [0.3, 0.4) is 0 Å². The third-order valence-corrected chi connectivity index (χ3v) is 4.86. The lowest BCUT2D eigenvalue weighted by molar-refractivity contribution is 0.535. The molecule has 0 fully saturated rings. The Morgan fingerprint density at radius 3 is 1.80 bits per heavy atom. The first-order valence-corrected chi connectivity index (χ1v) is 11.1. The molecule has 0 spiro atoms. The highest BCUT2D eigenvalue weighted by molar-refractivity contribution is 4.81. The molecule has 25 heavy (non-hydrogen) atoms. The largest absolute Gasteiger partial charge is 0.329 e. The Labute approximate surface area is 158 Å². The molecule has 0 saturated carbocycles. The van der Waals surface area contributed by atoms with Crippen LogP contribution in [0.4, 0.5) is 0 Å². The molecule has 0 aliphatic heterocycles. The number of allylic oxidation sites excluding steroid dienone is 2. The van der Waals surface area contributed by atoms with Gasteiger partial charge in [-0.1, -0.05) is 76.9 Å². The maximum Gasteiger partial charge on any atom is 0.0175 e. The standard InChI is InChI=1S/C22H47N3/c1-2-3-4-5-6-7-8-9-10-11-12-13-14-15-16-17-19-25-20-18-22(24)21-23/h9-10,22,25H,2-8,11-21,23-24H2,1H3/b10-9-. The van der Waals surface area contributed by atoms with Crippen LogP contribution in [0.2, 0.25) is 0 Å². The van der Waals surface area contributed by atoms with E-state index >= 15 is 0 Å². The Balaban J connectivity index is 3.07. The molecule has 0 aromatic rings. The van der Waals surface area contributed by atoms with Crippen LogP contribution in [0.25, 0.3) is 0 Å². The molecule has 0 saturated heterocycles. The molecule has 5 N–H and O–H groups in total. The van der Waals surface area contributed by atoms with Gasteiger partial charge in [0.1, 0.15) is 0 Å². The van der Waals surface area contributed by atoms with Crippen LogP contribution in [0.1, 0.15) is 103 Å². The van der Waals surface area contributed by atoms with E-state index in [9.17, 15) is 0 Å². The SMILES string of the molecule is CCCCCCCC/C=C\CCCCCCCCNCCC(N)CN. The molecule has 0 aliphatic carbocycles. The zero-order valence-electron chi connectivity index (χ0n) is 17.1. The van der Waals surface area contributed by atoms with Crippen molar-refractivity contribution in [1.82, 2.24) is 5.32 Å². The Kier molecular flexibility index (Phi) is 21.3. The van der Waals surface area contributed by atoms with Crippen molar-refractivity contribution >= 4 is 0 Å². The molecular formula is C22H47N3. The third-order valence-electron chi connectivity index (χ3n) is 4.86. The zero-order chi connectivity index (χ0) is 18.4. The first-order chi connectivity index (χ1) is 12.3. The summed E-state index contributed by atoms with van der Waals surface area (Å²) in [6.07, 6.45) is 24.9. The maximum absolute atomic E-state index is 5.78. The summed E-state index contributed by atoms with van der Waals surface area (Å²) < 4.78 is 0. The highest BCUT2D eigenvalue weighted by Gasteiger charge is 1.97. The first kappa shape index (κ1) is 24.6. The number of rotatable bonds is 20. The van der Waals surface area contributed by atoms with Crippen molar-refractivity contribution in [2.45, 2.75) is 109 Å². The van der Waals surface area contributed by atoms with Crippen LogP contribution in [0, 0.1) is 0 Å². The van der Waals surface area contributed by atoms with Gasteiger partial charge < -0.3 is 16.8 Å². The van der Waals surface area contributed by atoms with Crippen LogP contribution in [0.5, 0.6) is 0 Å². The average molecular weight is 354 g/mol. The summed E-state index contributed by atoms with van der Waals surface area (Å²) in [7, 11) is 0. The number of nitrogens with two attached hydrogens (primary N) is 2. The summed E-state index contributed by atoms with van der Waals surface area (Å²) in [5, 5.41) is 3.46. The summed E-state index contributed by atoms with van der Waals surface area (Å²) in [5.74, 6) is 0. The molecular weight excluding hydrogens is 306 g/mol. The minimum Gasteiger partial charge on any atom is -0.329 e. The Hall–Kier alpha value is -0.380. The fourth-order valence-electron chi connectivity index (χ4n) is 3.03. The lowest BCUT2D eigenvalue weighted by Crippen LogP contribution is -2.33. The molecule has 0 amide bonds. The van der Waals surface area contributed by atoms with E-state index in [0.29, 0.717) is 6.54 Å². The minimum atomic E-state index is 0.160. The lowest BCUT2D eigenvalue weighted by atomic mass is 10.1. The molecule has 0 bridgehead atoms. The maximum atomic E-state index is 5.78. The molecule has 150 valence electrons. The van der Waals surface area contributed by atoms with Gasteiger partial charge in [0.25, 0.3) is 0 Å².